The van der Waals surface area contributed by atoms with E-state index in [0.717, 1.165) is 11.3 Å². The lowest BCUT2D eigenvalue weighted by Gasteiger charge is -2.25. The zero-order valence-corrected chi connectivity index (χ0v) is 22.8. The predicted molar refractivity (Wildman–Crippen MR) is 144 cm³/mol. The van der Waals surface area contributed by atoms with Crippen LogP contribution in [0.1, 0.15) is 44.9 Å². The van der Waals surface area contributed by atoms with Gasteiger partial charge in [0.25, 0.3) is 11.2 Å². The number of hydrogen-bond acceptors (Lipinski definition) is 10. The molecule has 2 aromatic carbocycles. The minimum Gasteiger partial charge on any atom is -0.507 e. The molecular formula is C27H27N3O8S. The summed E-state index contributed by atoms with van der Waals surface area (Å²) in [6, 6.07) is 7.80. The van der Waals surface area contributed by atoms with Gasteiger partial charge < -0.3 is 19.3 Å². The van der Waals surface area contributed by atoms with Crippen molar-refractivity contribution < 1.29 is 29.0 Å². The fourth-order valence-corrected chi connectivity index (χ4v) is 5.26. The Kier molecular flexibility index (Phi) is 7.86. The quantitative estimate of drug-likeness (QED) is 0.255. The number of non-ortho nitro benzene ring substituents is 1. The summed E-state index contributed by atoms with van der Waals surface area (Å²) in [5.74, 6) is 0.0820. The van der Waals surface area contributed by atoms with Crippen LogP contribution in [0.3, 0.4) is 0 Å². The minimum atomic E-state index is -0.900. The first-order chi connectivity index (χ1) is 18.5. The number of allylic oxidation sites excluding steroid dienone is 1. The van der Waals surface area contributed by atoms with Gasteiger partial charge in [0.05, 0.1) is 46.6 Å². The van der Waals surface area contributed by atoms with Gasteiger partial charge in [0, 0.05) is 17.7 Å². The molecule has 204 valence electrons. The van der Waals surface area contributed by atoms with E-state index in [1.54, 1.807) is 32.0 Å². The lowest BCUT2D eigenvalue weighted by atomic mass is 9.95. The molecular weight excluding hydrogens is 526 g/mol. The Bertz CT molecular complexity index is 1670. The average Bonchev–Trinajstić information content (AvgIpc) is 3.18. The normalized spacial score (nSPS) is 15.1. The fraction of sp³-hybridized carbons (Fsp3) is 0.296. The molecule has 0 fully saturated rings. The van der Waals surface area contributed by atoms with Crippen molar-refractivity contribution in [2.45, 2.75) is 39.8 Å². The van der Waals surface area contributed by atoms with Crippen LogP contribution in [-0.4, -0.2) is 40.4 Å². The molecule has 3 aromatic rings. The van der Waals surface area contributed by atoms with Gasteiger partial charge in [0.15, 0.2) is 16.3 Å². The molecule has 1 aromatic heterocycles. The van der Waals surface area contributed by atoms with Gasteiger partial charge in [-0.05, 0) is 57.5 Å². The van der Waals surface area contributed by atoms with Crippen molar-refractivity contribution >= 4 is 29.1 Å². The second-order valence-corrected chi connectivity index (χ2v) is 9.89. The highest BCUT2D eigenvalue weighted by atomic mass is 32.1. The number of nitro groups is 1. The molecule has 39 heavy (non-hydrogen) atoms. The molecule has 1 aliphatic heterocycles. The van der Waals surface area contributed by atoms with Gasteiger partial charge in [-0.2, -0.15) is 0 Å². The van der Waals surface area contributed by atoms with Crippen molar-refractivity contribution in [1.29, 1.82) is 0 Å². The fourth-order valence-electron chi connectivity index (χ4n) is 4.22. The Labute approximate surface area is 227 Å². The van der Waals surface area contributed by atoms with Crippen LogP contribution in [0.4, 0.5) is 5.69 Å². The summed E-state index contributed by atoms with van der Waals surface area (Å²) in [4.78, 5) is 42.3. The van der Waals surface area contributed by atoms with Gasteiger partial charge in [-0.15, -0.1) is 0 Å². The monoisotopic (exact) mass is 553 g/mol. The molecule has 1 aliphatic rings. The van der Waals surface area contributed by atoms with E-state index in [-0.39, 0.29) is 39.8 Å². The number of thiazole rings is 1. The average molecular weight is 554 g/mol. The molecule has 4 rings (SSSR count). The molecule has 0 radical (unpaired) electrons. The summed E-state index contributed by atoms with van der Waals surface area (Å²) in [6.45, 7) is 7.24. The van der Waals surface area contributed by atoms with E-state index in [2.05, 4.69) is 4.99 Å². The second kappa shape index (κ2) is 11.1. The van der Waals surface area contributed by atoms with Crippen molar-refractivity contribution in [3.8, 4) is 17.2 Å². The molecule has 0 amide bonds. The zero-order chi connectivity index (χ0) is 28.4. The number of esters is 1. The molecule has 0 aliphatic carbocycles. The maximum Gasteiger partial charge on any atom is 0.338 e. The van der Waals surface area contributed by atoms with Gasteiger partial charge in [-0.1, -0.05) is 17.4 Å². The summed E-state index contributed by atoms with van der Waals surface area (Å²) < 4.78 is 18.2. The molecule has 1 atom stereocenters. The number of phenolic OH excluding ortho intramolecular Hbond substituents is 1. The number of carbonyl (C=O) groups is 1. The third-order valence-corrected chi connectivity index (χ3v) is 6.87. The number of rotatable bonds is 8. The Balaban J connectivity index is 1.96. The van der Waals surface area contributed by atoms with Crippen LogP contribution in [0.5, 0.6) is 17.2 Å². The van der Waals surface area contributed by atoms with Gasteiger partial charge >= 0.3 is 5.97 Å². The van der Waals surface area contributed by atoms with Gasteiger partial charge in [-0.3, -0.25) is 19.5 Å². The van der Waals surface area contributed by atoms with Crippen molar-refractivity contribution in [2.75, 3.05) is 13.7 Å². The summed E-state index contributed by atoms with van der Waals surface area (Å²) in [6.07, 6.45) is 1.26. The van der Waals surface area contributed by atoms with E-state index < -0.39 is 22.5 Å². The second-order valence-electron chi connectivity index (χ2n) is 8.88. The van der Waals surface area contributed by atoms with Gasteiger partial charge in [0.2, 0.25) is 0 Å². The first-order valence-corrected chi connectivity index (χ1v) is 12.9. The molecule has 0 spiro atoms. The lowest BCUT2D eigenvalue weighted by Crippen LogP contribution is -2.40. The highest BCUT2D eigenvalue weighted by Crippen LogP contribution is 2.36. The molecule has 12 heteroatoms. The van der Waals surface area contributed by atoms with Crippen molar-refractivity contribution in [2.24, 2.45) is 4.99 Å². The van der Waals surface area contributed by atoms with Gasteiger partial charge in [-0.25, -0.2) is 9.79 Å². The van der Waals surface area contributed by atoms with E-state index in [1.807, 2.05) is 13.8 Å². The number of ether oxygens (including phenoxy) is 3. The maximum atomic E-state index is 13.8. The van der Waals surface area contributed by atoms with Crippen LogP contribution in [0.2, 0.25) is 0 Å². The molecule has 0 saturated carbocycles. The number of nitrogens with zero attached hydrogens (tertiary/aromatic N) is 3. The number of methoxy groups -OCH3 is 1. The number of benzene rings is 2. The number of nitro benzene ring substituents is 1. The maximum absolute atomic E-state index is 13.8. The highest BCUT2D eigenvalue weighted by Gasteiger charge is 2.34. The molecule has 0 saturated heterocycles. The SMILES string of the molecule is CCOC(=O)C1=C(C)N=c2s/c(=C/c3cc([N+](=O)[O-])ccc3O)c(=O)n2[C@H]1c1ccc(OC(C)C)c(OC)c1. The molecule has 0 unspecified atom stereocenters. The molecule has 2 heterocycles. The molecule has 11 nitrogen and oxygen atoms in total. The number of phenols is 1. The van der Waals surface area contributed by atoms with Crippen molar-refractivity contribution in [1.82, 2.24) is 4.57 Å². The summed E-state index contributed by atoms with van der Waals surface area (Å²) in [5.41, 5.74) is 0.501. The number of hydrogen-bond donors (Lipinski definition) is 1. The van der Waals surface area contributed by atoms with Crippen LogP contribution < -0.4 is 24.4 Å². The van der Waals surface area contributed by atoms with E-state index in [4.69, 9.17) is 14.2 Å². The van der Waals surface area contributed by atoms with Crippen molar-refractivity contribution in [3.63, 3.8) is 0 Å². The van der Waals surface area contributed by atoms with E-state index in [1.165, 1.54) is 36.0 Å². The number of carbonyl (C=O) groups excluding carboxylic acids is 1. The highest BCUT2D eigenvalue weighted by molar-refractivity contribution is 7.07. The number of aromatic nitrogens is 1. The Morgan fingerprint density at radius 3 is 2.64 bits per heavy atom. The van der Waals surface area contributed by atoms with Crippen LogP contribution in [0.15, 0.2) is 57.5 Å². The van der Waals surface area contributed by atoms with Crippen molar-refractivity contribution in [3.05, 3.63) is 88.6 Å². The standard InChI is InChI=1S/C27H27N3O8S/c1-6-37-26(33)23-15(4)28-27-29(24(23)16-7-10-20(38-14(2)3)21(12-16)36-5)25(32)22(39-27)13-17-11-18(30(34)35)8-9-19(17)31/h7-14,24,31H,6H2,1-5H3/b22-13+/t24-/m0/s1. The van der Waals surface area contributed by atoms with Gasteiger partial charge in [0.1, 0.15) is 5.75 Å². The Morgan fingerprint density at radius 1 is 1.26 bits per heavy atom. The first-order valence-electron chi connectivity index (χ1n) is 12.1. The smallest absolute Gasteiger partial charge is 0.338 e. The molecule has 0 bridgehead atoms. The summed E-state index contributed by atoms with van der Waals surface area (Å²) >= 11 is 1.04. The Hall–Kier alpha value is -4.45. The lowest BCUT2D eigenvalue weighted by molar-refractivity contribution is -0.384. The van der Waals surface area contributed by atoms with Crippen LogP contribution in [0, 0.1) is 10.1 Å². The first kappa shape index (κ1) is 27.6. The van der Waals surface area contributed by atoms with Crippen LogP contribution in [0.25, 0.3) is 6.08 Å². The third kappa shape index (κ3) is 5.41. The molecule has 1 N–H and O–H groups in total. The third-order valence-electron chi connectivity index (χ3n) is 5.89. The largest absolute Gasteiger partial charge is 0.507 e. The van der Waals surface area contributed by atoms with E-state index >= 15 is 0 Å². The zero-order valence-electron chi connectivity index (χ0n) is 22.0. The van der Waals surface area contributed by atoms with Crippen LogP contribution in [-0.2, 0) is 9.53 Å². The predicted octanol–water partition coefficient (Wildman–Crippen LogP) is 3.21. The minimum absolute atomic E-state index is 0.101. The topological polar surface area (TPSA) is 142 Å². The summed E-state index contributed by atoms with van der Waals surface area (Å²) in [5, 5.41) is 21.5. The Morgan fingerprint density at radius 2 is 2.00 bits per heavy atom. The van der Waals surface area contributed by atoms with Crippen LogP contribution >= 0.6 is 11.3 Å². The summed E-state index contributed by atoms with van der Waals surface area (Å²) in [7, 11) is 1.50. The van der Waals surface area contributed by atoms with E-state index in [9.17, 15) is 24.8 Å². The van der Waals surface area contributed by atoms with E-state index in [0.29, 0.717) is 27.6 Å². The number of aromatic hydroxyl groups is 1. The number of fused-ring (bicyclic) bond motifs is 1.